The van der Waals surface area contributed by atoms with E-state index in [1.165, 1.54) is 5.56 Å². The van der Waals surface area contributed by atoms with Crippen LogP contribution >= 0.6 is 11.6 Å². The molecule has 1 aliphatic rings. The fraction of sp³-hybridized carbons (Fsp3) is 0.381. The minimum Gasteiger partial charge on any atom is -0.490 e. The molecule has 2 aromatic carbocycles. The van der Waals surface area contributed by atoms with E-state index in [9.17, 15) is 4.79 Å². The van der Waals surface area contributed by atoms with Gasteiger partial charge in [-0.25, -0.2) is 0 Å². The quantitative estimate of drug-likeness (QED) is 0.843. The highest BCUT2D eigenvalue weighted by molar-refractivity contribution is 6.33. The molecule has 1 saturated heterocycles. The summed E-state index contributed by atoms with van der Waals surface area (Å²) >= 11 is 6.11. The summed E-state index contributed by atoms with van der Waals surface area (Å²) in [5.74, 6) is 1.05. The molecule has 5 heteroatoms. The third-order valence-corrected chi connectivity index (χ3v) is 5.07. The third-order valence-electron chi connectivity index (χ3n) is 4.74. The van der Waals surface area contributed by atoms with Gasteiger partial charge in [-0.05, 0) is 43.2 Å². The van der Waals surface area contributed by atoms with Crippen LogP contribution in [-0.4, -0.2) is 36.5 Å². The number of benzene rings is 2. The van der Waals surface area contributed by atoms with Gasteiger partial charge in [0.2, 0.25) is 5.91 Å². The number of halogens is 1. The summed E-state index contributed by atoms with van der Waals surface area (Å²) in [4.78, 5) is 14.3. The minimum atomic E-state index is 0.0927. The van der Waals surface area contributed by atoms with Gasteiger partial charge in [-0.2, -0.15) is 0 Å². The summed E-state index contributed by atoms with van der Waals surface area (Å²) in [6, 6.07) is 13.7. The SMILES string of the molecule is Cc1ccc(C)c(OC2CCN(C(=O)CNc3ccccc3Cl)CC2)c1. The van der Waals surface area contributed by atoms with E-state index in [1.54, 1.807) is 0 Å². The first-order chi connectivity index (χ1) is 12.5. The Balaban J connectivity index is 1.48. The van der Waals surface area contributed by atoms with Crippen LogP contribution in [0, 0.1) is 13.8 Å². The Morgan fingerprint density at radius 1 is 1.19 bits per heavy atom. The molecule has 1 heterocycles. The van der Waals surface area contributed by atoms with Crippen LogP contribution in [0.5, 0.6) is 5.75 Å². The summed E-state index contributed by atoms with van der Waals surface area (Å²) in [6.07, 6.45) is 1.87. The number of rotatable bonds is 5. The van der Waals surface area contributed by atoms with Crippen molar-refractivity contribution in [3.8, 4) is 5.75 Å². The van der Waals surface area contributed by atoms with Gasteiger partial charge in [-0.1, -0.05) is 35.9 Å². The Labute approximate surface area is 160 Å². The number of hydrogen-bond donors (Lipinski definition) is 1. The summed E-state index contributed by atoms with van der Waals surface area (Å²) in [5, 5.41) is 3.75. The lowest BCUT2D eigenvalue weighted by Gasteiger charge is -2.32. The first-order valence-corrected chi connectivity index (χ1v) is 9.41. The molecular weight excluding hydrogens is 348 g/mol. The molecule has 0 saturated carbocycles. The number of ether oxygens (including phenoxy) is 1. The van der Waals surface area contributed by atoms with Crippen LogP contribution in [0.25, 0.3) is 0 Å². The number of anilines is 1. The second kappa shape index (κ2) is 8.45. The Kier molecular flexibility index (Phi) is 6.04. The number of nitrogens with zero attached hydrogens (tertiary/aromatic N) is 1. The second-order valence-electron chi connectivity index (χ2n) is 6.80. The highest BCUT2D eigenvalue weighted by atomic mass is 35.5. The van der Waals surface area contributed by atoms with Crippen LogP contribution in [0.4, 0.5) is 5.69 Å². The Morgan fingerprint density at radius 3 is 2.65 bits per heavy atom. The average molecular weight is 373 g/mol. The fourth-order valence-corrected chi connectivity index (χ4v) is 3.33. The van der Waals surface area contributed by atoms with Crippen molar-refractivity contribution in [2.24, 2.45) is 0 Å². The second-order valence-corrected chi connectivity index (χ2v) is 7.21. The molecule has 0 unspecified atom stereocenters. The molecule has 2 aromatic rings. The Morgan fingerprint density at radius 2 is 1.92 bits per heavy atom. The summed E-state index contributed by atoms with van der Waals surface area (Å²) in [7, 11) is 0. The normalized spacial score (nSPS) is 15.0. The lowest BCUT2D eigenvalue weighted by atomic mass is 10.1. The van der Waals surface area contributed by atoms with Crippen LogP contribution in [0.2, 0.25) is 5.02 Å². The maximum Gasteiger partial charge on any atom is 0.241 e. The van der Waals surface area contributed by atoms with Crippen LogP contribution in [0.1, 0.15) is 24.0 Å². The number of piperidine rings is 1. The van der Waals surface area contributed by atoms with Crippen LogP contribution < -0.4 is 10.1 Å². The van der Waals surface area contributed by atoms with E-state index < -0.39 is 0 Å². The van der Waals surface area contributed by atoms with Gasteiger partial charge in [-0.15, -0.1) is 0 Å². The van der Waals surface area contributed by atoms with Gasteiger partial charge in [0.05, 0.1) is 17.3 Å². The number of hydrogen-bond acceptors (Lipinski definition) is 3. The number of carbonyl (C=O) groups is 1. The first kappa shape index (κ1) is 18.6. The van der Waals surface area contributed by atoms with Crippen molar-refractivity contribution in [2.75, 3.05) is 25.0 Å². The maximum absolute atomic E-state index is 12.4. The highest BCUT2D eigenvalue weighted by Crippen LogP contribution is 2.24. The van der Waals surface area contributed by atoms with Crippen molar-refractivity contribution in [3.05, 3.63) is 58.6 Å². The Hall–Kier alpha value is -2.20. The lowest BCUT2D eigenvalue weighted by Crippen LogP contribution is -2.44. The number of likely N-dealkylation sites (tertiary alicyclic amines) is 1. The summed E-state index contributed by atoms with van der Waals surface area (Å²) < 4.78 is 6.17. The molecule has 0 bridgehead atoms. The number of para-hydroxylation sites is 1. The minimum absolute atomic E-state index is 0.0927. The average Bonchev–Trinajstić information content (AvgIpc) is 2.64. The van der Waals surface area contributed by atoms with Crippen LogP contribution in [-0.2, 0) is 4.79 Å². The topological polar surface area (TPSA) is 41.6 Å². The van der Waals surface area contributed by atoms with E-state index >= 15 is 0 Å². The molecule has 1 amide bonds. The molecule has 138 valence electrons. The number of amides is 1. The molecule has 1 N–H and O–H groups in total. The highest BCUT2D eigenvalue weighted by Gasteiger charge is 2.24. The number of nitrogens with one attached hydrogen (secondary N) is 1. The zero-order valence-electron chi connectivity index (χ0n) is 15.3. The monoisotopic (exact) mass is 372 g/mol. The van der Waals surface area contributed by atoms with Crippen LogP contribution in [0.3, 0.4) is 0 Å². The van der Waals surface area contributed by atoms with Gasteiger partial charge >= 0.3 is 0 Å². The first-order valence-electron chi connectivity index (χ1n) is 9.03. The molecule has 0 aromatic heterocycles. The molecule has 0 aliphatic carbocycles. The van der Waals surface area contributed by atoms with Gasteiger partial charge in [-0.3, -0.25) is 4.79 Å². The molecule has 1 aliphatic heterocycles. The van der Waals surface area contributed by atoms with E-state index in [2.05, 4.69) is 37.4 Å². The maximum atomic E-state index is 12.4. The lowest BCUT2D eigenvalue weighted by molar-refractivity contribution is -0.131. The summed E-state index contributed by atoms with van der Waals surface area (Å²) in [5.41, 5.74) is 3.14. The standard InChI is InChI=1S/C21H25ClN2O2/c1-15-7-8-16(2)20(13-15)26-17-9-11-24(12-10-17)21(25)14-23-19-6-4-3-5-18(19)22/h3-8,13,17,23H,9-12,14H2,1-2H3. The van der Waals surface area contributed by atoms with Crippen molar-refractivity contribution in [1.82, 2.24) is 4.90 Å². The Bertz CT molecular complexity index is 770. The molecule has 4 nitrogen and oxygen atoms in total. The van der Waals surface area contributed by atoms with Gasteiger partial charge in [0.15, 0.2) is 0 Å². The van der Waals surface area contributed by atoms with E-state index in [1.807, 2.05) is 29.2 Å². The van der Waals surface area contributed by atoms with E-state index in [4.69, 9.17) is 16.3 Å². The number of aryl methyl sites for hydroxylation is 2. The molecule has 0 spiro atoms. The van der Waals surface area contributed by atoms with E-state index in [0.717, 1.165) is 42.9 Å². The molecule has 3 rings (SSSR count). The third kappa shape index (κ3) is 4.70. The van der Waals surface area contributed by atoms with Crippen molar-refractivity contribution in [2.45, 2.75) is 32.8 Å². The van der Waals surface area contributed by atoms with Gasteiger partial charge in [0.25, 0.3) is 0 Å². The van der Waals surface area contributed by atoms with Crippen LogP contribution in [0.15, 0.2) is 42.5 Å². The van der Waals surface area contributed by atoms with Gasteiger partial charge < -0.3 is 15.0 Å². The molecule has 0 atom stereocenters. The molecule has 0 radical (unpaired) electrons. The molecule has 1 fully saturated rings. The number of carbonyl (C=O) groups excluding carboxylic acids is 1. The smallest absolute Gasteiger partial charge is 0.241 e. The van der Waals surface area contributed by atoms with Crippen molar-refractivity contribution in [1.29, 1.82) is 0 Å². The fourth-order valence-electron chi connectivity index (χ4n) is 3.12. The van der Waals surface area contributed by atoms with Crippen molar-refractivity contribution in [3.63, 3.8) is 0 Å². The molecule has 26 heavy (non-hydrogen) atoms. The summed E-state index contributed by atoms with van der Waals surface area (Å²) in [6.45, 7) is 5.83. The zero-order chi connectivity index (χ0) is 18.5. The molecular formula is C21H25ClN2O2. The van der Waals surface area contributed by atoms with Gasteiger partial charge in [0.1, 0.15) is 11.9 Å². The van der Waals surface area contributed by atoms with Gasteiger partial charge in [0, 0.05) is 25.9 Å². The van der Waals surface area contributed by atoms with E-state index in [-0.39, 0.29) is 18.6 Å². The van der Waals surface area contributed by atoms with Crippen molar-refractivity contribution >= 4 is 23.2 Å². The predicted molar refractivity (Wildman–Crippen MR) is 106 cm³/mol. The predicted octanol–water partition coefficient (Wildman–Crippen LogP) is 4.44. The van der Waals surface area contributed by atoms with E-state index in [0.29, 0.717) is 5.02 Å². The van der Waals surface area contributed by atoms with Crippen molar-refractivity contribution < 1.29 is 9.53 Å². The zero-order valence-corrected chi connectivity index (χ0v) is 16.1. The largest absolute Gasteiger partial charge is 0.490 e.